The number of ether oxygens (including phenoxy) is 1. The standard InChI is InChI=1S/C17H24N2O/c1-13(2)10-15-12-19(8-9-20-15)11-14-4-3-5-17-16(14)6-7-18-17/h3-7,13,15,18H,8-12H2,1-2H3. The minimum atomic E-state index is 0.397. The molecule has 0 aliphatic carbocycles. The van der Waals surface area contributed by atoms with Crippen molar-refractivity contribution in [2.24, 2.45) is 5.92 Å². The molecule has 0 spiro atoms. The monoisotopic (exact) mass is 272 g/mol. The van der Waals surface area contributed by atoms with Crippen molar-refractivity contribution in [3.05, 3.63) is 36.0 Å². The lowest BCUT2D eigenvalue weighted by Crippen LogP contribution is -2.42. The highest BCUT2D eigenvalue weighted by Gasteiger charge is 2.21. The van der Waals surface area contributed by atoms with Crippen molar-refractivity contribution in [2.75, 3.05) is 19.7 Å². The summed E-state index contributed by atoms with van der Waals surface area (Å²) in [4.78, 5) is 5.81. The molecule has 1 aromatic heterocycles. The van der Waals surface area contributed by atoms with Gasteiger partial charge < -0.3 is 9.72 Å². The molecule has 0 amide bonds. The SMILES string of the molecule is CC(C)CC1CN(Cc2cccc3[nH]ccc23)CCO1. The van der Waals surface area contributed by atoms with Crippen LogP contribution in [0.15, 0.2) is 30.5 Å². The molecule has 3 heteroatoms. The van der Waals surface area contributed by atoms with E-state index in [1.807, 2.05) is 6.20 Å². The van der Waals surface area contributed by atoms with Gasteiger partial charge in [-0.1, -0.05) is 26.0 Å². The molecule has 2 heterocycles. The average molecular weight is 272 g/mol. The number of nitrogens with zero attached hydrogens (tertiary/aromatic N) is 1. The van der Waals surface area contributed by atoms with Gasteiger partial charge in [0.15, 0.2) is 0 Å². The Morgan fingerprint density at radius 2 is 2.25 bits per heavy atom. The molecule has 1 saturated heterocycles. The molecule has 0 saturated carbocycles. The lowest BCUT2D eigenvalue weighted by Gasteiger charge is -2.33. The molecule has 1 atom stereocenters. The molecule has 1 N–H and O–H groups in total. The largest absolute Gasteiger partial charge is 0.376 e. The topological polar surface area (TPSA) is 28.3 Å². The van der Waals surface area contributed by atoms with Crippen LogP contribution in [0.1, 0.15) is 25.8 Å². The fourth-order valence-electron chi connectivity index (χ4n) is 3.12. The Hall–Kier alpha value is -1.32. The van der Waals surface area contributed by atoms with Crippen molar-refractivity contribution < 1.29 is 4.74 Å². The number of aromatic amines is 1. The van der Waals surface area contributed by atoms with Crippen LogP contribution in [0.4, 0.5) is 0 Å². The molecule has 1 aliphatic rings. The predicted octanol–water partition coefficient (Wildman–Crippen LogP) is 3.41. The summed E-state index contributed by atoms with van der Waals surface area (Å²) < 4.78 is 5.88. The fraction of sp³-hybridized carbons (Fsp3) is 0.529. The second kappa shape index (κ2) is 5.98. The van der Waals surface area contributed by atoms with Crippen LogP contribution in [0.3, 0.4) is 0 Å². The smallest absolute Gasteiger partial charge is 0.0705 e. The van der Waals surface area contributed by atoms with E-state index < -0.39 is 0 Å². The Kier molecular flexibility index (Phi) is 4.08. The minimum Gasteiger partial charge on any atom is -0.376 e. The highest BCUT2D eigenvalue weighted by atomic mass is 16.5. The van der Waals surface area contributed by atoms with Crippen molar-refractivity contribution >= 4 is 10.9 Å². The van der Waals surface area contributed by atoms with Gasteiger partial charge in [-0.05, 0) is 30.0 Å². The van der Waals surface area contributed by atoms with E-state index in [1.165, 1.54) is 16.5 Å². The minimum absolute atomic E-state index is 0.397. The summed E-state index contributed by atoms with van der Waals surface area (Å²) >= 11 is 0. The van der Waals surface area contributed by atoms with E-state index >= 15 is 0 Å². The van der Waals surface area contributed by atoms with E-state index in [-0.39, 0.29) is 0 Å². The Labute approximate surface area is 120 Å². The lowest BCUT2D eigenvalue weighted by atomic mass is 10.0. The van der Waals surface area contributed by atoms with Crippen molar-refractivity contribution in [2.45, 2.75) is 32.9 Å². The number of aromatic nitrogens is 1. The van der Waals surface area contributed by atoms with Crippen LogP contribution < -0.4 is 0 Å². The molecule has 1 unspecified atom stereocenters. The van der Waals surface area contributed by atoms with Crippen LogP contribution in [-0.2, 0) is 11.3 Å². The van der Waals surface area contributed by atoms with Gasteiger partial charge in [-0.2, -0.15) is 0 Å². The fourth-order valence-corrected chi connectivity index (χ4v) is 3.12. The molecule has 20 heavy (non-hydrogen) atoms. The Bertz CT molecular complexity index is 561. The maximum absolute atomic E-state index is 5.88. The number of hydrogen-bond acceptors (Lipinski definition) is 2. The Morgan fingerprint density at radius 3 is 3.10 bits per heavy atom. The number of benzene rings is 1. The van der Waals surface area contributed by atoms with Crippen LogP contribution in [0.5, 0.6) is 0 Å². The maximum atomic E-state index is 5.88. The first-order valence-electron chi connectivity index (χ1n) is 7.61. The highest BCUT2D eigenvalue weighted by Crippen LogP contribution is 2.21. The summed E-state index contributed by atoms with van der Waals surface area (Å²) in [6.07, 6.45) is 3.58. The van der Waals surface area contributed by atoms with Crippen LogP contribution in [0, 0.1) is 5.92 Å². The van der Waals surface area contributed by atoms with E-state index in [1.54, 1.807) is 0 Å². The third-order valence-corrected chi connectivity index (χ3v) is 4.04. The first-order valence-corrected chi connectivity index (χ1v) is 7.61. The van der Waals surface area contributed by atoms with Crippen LogP contribution in [-0.4, -0.2) is 35.7 Å². The summed E-state index contributed by atoms with van der Waals surface area (Å²) in [6.45, 7) is 8.51. The molecular weight excluding hydrogens is 248 g/mol. The van der Waals surface area contributed by atoms with Crippen LogP contribution >= 0.6 is 0 Å². The second-order valence-electron chi connectivity index (χ2n) is 6.21. The van der Waals surface area contributed by atoms with Gasteiger partial charge in [-0.3, -0.25) is 4.90 Å². The molecule has 0 bridgehead atoms. The predicted molar refractivity (Wildman–Crippen MR) is 82.8 cm³/mol. The molecule has 3 rings (SSSR count). The van der Waals surface area contributed by atoms with Gasteiger partial charge in [0.25, 0.3) is 0 Å². The van der Waals surface area contributed by atoms with Gasteiger partial charge in [0, 0.05) is 36.7 Å². The lowest BCUT2D eigenvalue weighted by molar-refractivity contribution is -0.0398. The van der Waals surface area contributed by atoms with E-state index in [0.29, 0.717) is 12.0 Å². The zero-order valence-corrected chi connectivity index (χ0v) is 12.4. The quantitative estimate of drug-likeness (QED) is 0.923. The molecule has 1 aromatic carbocycles. The number of H-pyrrole nitrogens is 1. The van der Waals surface area contributed by atoms with Gasteiger partial charge in [-0.15, -0.1) is 0 Å². The van der Waals surface area contributed by atoms with E-state index in [2.05, 4.69) is 48.0 Å². The van der Waals surface area contributed by atoms with Crippen molar-refractivity contribution in [1.29, 1.82) is 0 Å². The maximum Gasteiger partial charge on any atom is 0.0705 e. The Morgan fingerprint density at radius 1 is 1.35 bits per heavy atom. The third-order valence-electron chi connectivity index (χ3n) is 4.04. The van der Waals surface area contributed by atoms with Gasteiger partial charge >= 0.3 is 0 Å². The van der Waals surface area contributed by atoms with Crippen molar-refractivity contribution in [3.63, 3.8) is 0 Å². The summed E-state index contributed by atoms with van der Waals surface area (Å²) in [6, 6.07) is 8.69. The highest BCUT2D eigenvalue weighted by molar-refractivity contribution is 5.82. The molecule has 0 radical (unpaired) electrons. The summed E-state index contributed by atoms with van der Waals surface area (Å²) in [5.74, 6) is 0.702. The van der Waals surface area contributed by atoms with Crippen molar-refractivity contribution in [1.82, 2.24) is 9.88 Å². The number of nitrogens with one attached hydrogen (secondary N) is 1. The number of rotatable bonds is 4. The molecule has 1 fully saturated rings. The van der Waals surface area contributed by atoms with Gasteiger partial charge in [-0.25, -0.2) is 0 Å². The molecular formula is C17H24N2O. The summed E-state index contributed by atoms with van der Waals surface area (Å²) in [5.41, 5.74) is 2.64. The summed E-state index contributed by atoms with van der Waals surface area (Å²) in [7, 11) is 0. The van der Waals surface area contributed by atoms with E-state index in [9.17, 15) is 0 Å². The molecule has 2 aromatic rings. The van der Waals surface area contributed by atoms with Gasteiger partial charge in [0.2, 0.25) is 0 Å². The number of fused-ring (bicyclic) bond motifs is 1. The first-order chi connectivity index (χ1) is 9.72. The second-order valence-corrected chi connectivity index (χ2v) is 6.21. The first kappa shape index (κ1) is 13.7. The number of hydrogen-bond donors (Lipinski definition) is 1. The molecule has 108 valence electrons. The molecule has 1 aliphatic heterocycles. The number of morpholine rings is 1. The van der Waals surface area contributed by atoms with Gasteiger partial charge in [0.05, 0.1) is 12.7 Å². The summed E-state index contributed by atoms with van der Waals surface area (Å²) in [5, 5.41) is 1.35. The van der Waals surface area contributed by atoms with Crippen LogP contribution in [0.2, 0.25) is 0 Å². The normalized spacial score (nSPS) is 20.9. The van der Waals surface area contributed by atoms with E-state index in [0.717, 1.165) is 32.7 Å². The zero-order valence-electron chi connectivity index (χ0n) is 12.4. The average Bonchev–Trinajstić information content (AvgIpc) is 2.88. The van der Waals surface area contributed by atoms with Crippen molar-refractivity contribution in [3.8, 4) is 0 Å². The zero-order chi connectivity index (χ0) is 13.9. The van der Waals surface area contributed by atoms with E-state index in [4.69, 9.17) is 4.74 Å². The van der Waals surface area contributed by atoms with Gasteiger partial charge in [0.1, 0.15) is 0 Å². The Balaban J connectivity index is 1.69. The third kappa shape index (κ3) is 3.05. The molecule has 3 nitrogen and oxygen atoms in total. The van der Waals surface area contributed by atoms with Crippen LogP contribution in [0.25, 0.3) is 10.9 Å².